The van der Waals surface area contributed by atoms with E-state index < -0.39 is 22.1 Å². The number of sulfonamides is 1. The van der Waals surface area contributed by atoms with Crippen molar-refractivity contribution in [2.24, 2.45) is 0 Å². The van der Waals surface area contributed by atoms with E-state index in [1.807, 2.05) is 0 Å². The van der Waals surface area contributed by atoms with Crippen LogP contribution in [0.15, 0.2) is 29.2 Å². The normalized spacial score (nSPS) is 17.4. The predicted octanol–water partition coefficient (Wildman–Crippen LogP) is 0.00220. The van der Waals surface area contributed by atoms with E-state index in [0.29, 0.717) is 6.54 Å². The summed E-state index contributed by atoms with van der Waals surface area (Å²) < 4.78 is 36.6. The van der Waals surface area contributed by atoms with Gasteiger partial charge in [0.15, 0.2) is 0 Å². The molecule has 9 heteroatoms. The van der Waals surface area contributed by atoms with Crippen LogP contribution >= 0.6 is 0 Å². The van der Waals surface area contributed by atoms with Gasteiger partial charge in [-0.15, -0.1) is 6.42 Å². The average molecular weight is 380 g/mol. The molecule has 1 saturated heterocycles. The molecule has 1 amide bonds. The van der Waals surface area contributed by atoms with Crippen LogP contribution in [0.1, 0.15) is 16.8 Å². The highest BCUT2D eigenvalue weighted by atomic mass is 32.2. The second-order valence-electron chi connectivity index (χ2n) is 5.58. The van der Waals surface area contributed by atoms with E-state index in [0.717, 1.165) is 0 Å². The maximum atomic E-state index is 12.7. The number of hydrogen-bond acceptors (Lipinski definition) is 6. The minimum atomic E-state index is -3.79. The van der Waals surface area contributed by atoms with Gasteiger partial charge in [0.25, 0.3) is 5.91 Å². The number of benzene rings is 1. The lowest BCUT2D eigenvalue weighted by atomic mass is 10.1. The summed E-state index contributed by atoms with van der Waals surface area (Å²) in [5.41, 5.74) is 0.229. The number of morpholine rings is 1. The third kappa shape index (κ3) is 5.05. The largest absolute Gasteiger partial charge is 0.469 e. The van der Waals surface area contributed by atoms with Gasteiger partial charge in [0.1, 0.15) is 0 Å². The second kappa shape index (κ2) is 8.80. The molecule has 0 aliphatic carbocycles. The Bertz CT molecular complexity index is 815. The zero-order chi connectivity index (χ0) is 19.2. The molecule has 0 radical (unpaired) electrons. The van der Waals surface area contributed by atoms with Crippen molar-refractivity contribution in [2.45, 2.75) is 17.4 Å². The van der Waals surface area contributed by atoms with E-state index in [1.54, 1.807) is 0 Å². The minimum absolute atomic E-state index is 0.0435. The number of amides is 1. The van der Waals surface area contributed by atoms with Crippen molar-refractivity contribution in [3.63, 3.8) is 0 Å². The summed E-state index contributed by atoms with van der Waals surface area (Å²) in [5.74, 6) is 1.44. The Kier molecular flexibility index (Phi) is 6.74. The standard InChI is InChI=1S/C17H20N2O6S/c1-3-7-18-26(22,23)15-6-4-5-13(10-15)17(21)19-8-9-25-14(12-19)11-16(20)24-2/h1,4-6,10,14,18H,7-9,11-12H2,2H3/t14-/m0/s1. The van der Waals surface area contributed by atoms with Gasteiger partial charge in [-0.3, -0.25) is 9.59 Å². The molecule has 0 unspecified atom stereocenters. The maximum Gasteiger partial charge on any atom is 0.308 e. The third-order valence-corrected chi connectivity index (χ3v) is 5.20. The number of terminal acetylenes is 1. The molecule has 1 aromatic rings. The first-order chi connectivity index (χ1) is 12.4. The second-order valence-corrected chi connectivity index (χ2v) is 7.35. The molecular formula is C17H20N2O6S. The SMILES string of the molecule is C#CCNS(=O)(=O)c1cccc(C(=O)N2CCO[C@@H](CC(=O)OC)C2)c1. The average Bonchev–Trinajstić information content (AvgIpc) is 2.66. The van der Waals surface area contributed by atoms with Gasteiger partial charge >= 0.3 is 5.97 Å². The van der Waals surface area contributed by atoms with Crippen molar-refractivity contribution < 1.29 is 27.5 Å². The highest BCUT2D eigenvalue weighted by Crippen LogP contribution is 2.16. The zero-order valence-corrected chi connectivity index (χ0v) is 15.1. The van der Waals surface area contributed by atoms with Crippen LogP contribution in [0.25, 0.3) is 0 Å². The first-order valence-corrected chi connectivity index (χ1v) is 9.36. The molecule has 140 valence electrons. The van der Waals surface area contributed by atoms with Crippen molar-refractivity contribution in [1.82, 2.24) is 9.62 Å². The van der Waals surface area contributed by atoms with Crippen LogP contribution in [-0.4, -0.2) is 64.6 Å². The van der Waals surface area contributed by atoms with Crippen LogP contribution in [-0.2, 0) is 24.3 Å². The first kappa shape index (κ1) is 19.9. The Morgan fingerprint density at radius 2 is 2.23 bits per heavy atom. The van der Waals surface area contributed by atoms with E-state index >= 15 is 0 Å². The van der Waals surface area contributed by atoms with Gasteiger partial charge in [-0.2, -0.15) is 4.72 Å². The molecule has 1 atom stereocenters. The number of methoxy groups -OCH3 is 1. The molecule has 1 fully saturated rings. The maximum absolute atomic E-state index is 12.7. The summed E-state index contributed by atoms with van der Waals surface area (Å²) in [6.07, 6.45) is 4.66. The number of esters is 1. The molecule has 2 rings (SSSR count). The summed E-state index contributed by atoms with van der Waals surface area (Å²) in [7, 11) is -2.50. The minimum Gasteiger partial charge on any atom is -0.469 e. The zero-order valence-electron chi connectivity index (χ0n) is 14.3. The van der Waals surface area contributed by atoms with Gasteiger partial charge in [0.2, 0.25) is 10.0 Å². The number of carbonyl (C=O) groups is 2. The summed E-state index contributed by atoms with van der Waals surface area (Å²) in [6, 6.07) is 5.71. The lowest BCUT2D eigenvalue weighted by Crippen LogP contribution is -2.46. The quantitative estimate of drug-likeness (QED) is 0.551. The Labute approximate surface area is 152 Å². The van der Waals surface area contributed by atoms with Gasteiger partial charge in [-0.05, 0) is 18.2 Å². The Balaban J connectivity index is 2.13. The molecule has 26 heavy (non-hydrogen) atoms. The van der Waals surface area contributed by atoms with Crippen molar-refractivity contribution in [3.8, 4) is 12.3 Å². The summed E-state index contributed by atoms with van der Waals surface area (Å²) in [6.45, 7) is 0.720. The molecule has 1 aliphatic rings. The van der Waals surface area contributed by atoms with E-state index in [2.05, 4.69) is 15.4 Å². The summed E-state index contributed by atoms with van der Waals surface area (Å²) >= 11 is 0. The van der Waals surface area contributed by atoms with Crippen molar-refractivity contribution >= 4 is 21.9 Å². The van der Waals surface area contributed by atoms with Crippen LogP contribution in [0, 0.1) is 12.3 Å². The van der Waals surface area contributed by atoms with Gasteiger partial charge in [0.05, 0.1) is 37.7 Å². The van der Waals surface area contributed by atoms with E-state index in [9.17, 15) is 18.0 Å². The van der Waals surface area contributed by atoms with Crippen molar-refractivity contribution in [3.05, 3.63) is 29.8 Å². The molecule has 1 aromatic carbocycles. The third-order valence-electron chi connectivity index (χ3n) is 3.80. The first-order valence-electron chi connectivity index (χ1n) is 7.88. The molecule has 0 spiro atoms. The summed E-state index contributed by atoms with van der Waals surface area (Å²) in [4.78, 5) is 25.6. The summed E-state index contributed by atoms with van der Waals surface area (Å²) in [5, 5.41) is 0. The van der Waals surface area contributed by atoms with Crippen LogP contribution < -0.4 is 4.72 Å². The van der Waals surface area contributed by atoms with Crippen LogP contribution in [0.2, 0.25) is 0 Å². The molecule has 1 N–H and O–H groups in total. The molecule has 1 aliphatic heterocycles. The van der Waals surface area contributed by atoms with Gasteiger partial charge in [-0.1, -0.05) is 12.0 Å². The monoisotopic (exact) mass is 380 g/mol. The van der Waals surface area contributed by atoms with E-state index in [4.69, 9.17) is 11.2 Å². The number of rotatable bonds is 6. The smallest absolute Gasteiger partial charge is 0.308 e. The van der Waals surface area contributed by atoms with Crippen LogP contribution in [0.5, 0.6) is 0 Å². The van der Waals surface area contributed by atoms with E-state index in [-0.39, 0.29) is 42.5 Å². The van der Waals surface area contributed by atoms with Crippen LogP contribution in [0.3, 0.4) is 0 Å². The Morgan fingerprint density at radius 1 is 1.46 bits per heavy atom. The topological polar surface area (TPSA) is 102 Å². The van der Waals surface area contributed by atoms with Gasteiger partial charge in [-0.25, -0.2) is 8.42 Å². The molecule has 0 bridgehead atoms. The lowest BCUT2D eigenvalue weighted by Gasteiger charge is -2.32. The fourth-order valence-corrected chi connectivity index (χ4v) is 3.48. The number of nitrogens with one attached hydrogen (secondary N) is 1. The fraction of sp³-hybridized carbons (Fsp3) is 0.412. The lowest BCUT2D eigenvalue weighted by molar-refractivity contribution is -0.145. The highest BCUT2D eigenvalue weighted by molar-refractivity contribution is 7.89. The Morgan fingerprint density at radius 3 is 2.92 bits per heavy atom. The van der Waals surface area contributed by atoms with Crippen LogP contribution in [0.4, 0.5) is 0 Å². The number of carbonyl (C=O) groups excluding carboxylic acids is 2. The van der Waals surface area contributed by atoms with Gasteiger partial charge in [0, 0.05) is 18.7 Å². The van der Waals surface area contributed by atoms with Crippen molar-refractivity contribution in [1.29, 1.82) is 0 Å². The molecule has 8 nitrogen and oxygen atoms in total. The van der Waals surface area contributed by atoms with E-state index in [1.165, 1.54) is 36.3 Å². The number of hydrogen-bond donors (Lipinski definition) is 1. The Hall–Kier alpha value is -2.41. The molecule has 1 heterocycles. The van der Waals surface area contributed by atoms with Gasteiger partial charge < -0.3 is 14.4 Å². The fourth-order valence-electron chi connectivity index (χ4n) is 2.50. The highest BCUT2D eigenvalue weighted by Gasteiger charge is 2.27. The number of nitrogens with zero attached hydrogens (tertiary/aromatic N) is 1. The molecule has 0 aromatic heterocycles. The molecule has 0 saturated carbocycles. The predicted molar refractivity (Wildman–Crippen MR) is 92.7 cm³/mol. The number of ether oxygens (including phenoxy) is 2. The van der Waals surface area contributed by atoms with Crippen molar-refractivity contribution in [2.75, 3.05) is 33.4 Å². The molecular weight excluding hydrogens is 360 g/mol.